The van der Waals surface area contributed by atoms with Crippen molar-refractivity contribution >= 4 is 0 Å². The number of hydrogen-bond donors (Lipinski definition) is 1. The van der Waals surface area contributed by atoms with E-state index in [0.717, 1.165) is 25.9 Å². The van der Waals surface area contributed by atoms with Crippen molar-refractivity contribution in [3.63, 3.8) is 0 Å². The Morgan fingerprint density at radius 3 is 2.25 bits per heavy atom. The van der Waals surface area contributed by atoms with Crippen LogP contribution in [0, 0.1) is 5.92 Å². The van der Waals surface area contributed by atoms with Gasteiger partial charge in [0, 0.05) is 6.54 Å². The van der Waals surface area contributed by atoms with Gasteiger partial charge in [-0.15, -0.1) is 13.2 Å². The van der Waals surface area contributed by atoms with E-state index in [4.69, 9.17) is 0 Å². The smallest absolute Gasteiger partial charge is 0.0205 e. The predicted octanol–water partition coefficient (Wildman–Crippen LogP) is 3.54. The summed E-state index contributed by atoms with van der Waals surface area (Å²) in [4.78, 5) is 0. The molecule has 1 aromatic carbocycles. The highest BCUT2D eigenvalue weighted by atomic mass is 14.9. The molecule has 0 heterocycles. The third-order valence-electron chi connectivity index (χ3n) is 2.60. The van der Waals surface area contributed by atoms with Gasteiger partial charge in [0.1, 0.15) is 0 Å². The van der Waals surface area contributed by atoms with Crippen molar-refractivity contribution < 1.29 is 0 Å². The Bertz CT molecular complexity index is 292. The summed E-state index contributed by atoms with van der Waals surface area (Å²) in [6, 6.07) is 10.5. The molecule has 0 bridgehead atoms. The van der Waals surface area contributed by atoms with Crippen LogP contribution < -0.4 is 5.32 Å². The predicted molar refractivity (Wildman–Crippen MR) is 71.3 cm³/mol. The number of benzene rings is 1. The van der Waals surface area contributed by atoms with Crippen LogP contribution in [0.2, 0.25) is 0 Å². The molecule has 16 heavy (non-hydrogen) atoms. The minimum Gasteiger partial charge on any atom is -0.312 e. The zero-order valence-electron chi connectivity index (χ0n) is 9.86. The summed E-state index contributed by atoms with van der Waals surface area (Å²) in [5.41, 5.74) is 1.33. The van der Waals surface area contributed by atoms with Gasteiger partial charge in [0.2, 0.25) is 0 Å². The van der Waals surface area contributed by atoms with Crippen LogP contribution in [0.3, 0.4) is 0 Å². The summed E-state index contributed by atoms with van der Waals surface area (Å²) in [5.74, 6) is 0.624. The zero-order valence-corrected chi connectivity index (χ0v) is 9.86. The summed E-state index contributed by atoms with van der Waals surface area (Å²) in [5, 5.41) is 3.48. The molecule has 0 radical (unpaired) electrons. The lowest BCUT2D eigenvalue weighted by molar-refractivity contribution is 0.485. The number of rotatable bonds is 8. The number of nitrogens with one attached hydrogen (secondary N) is 1. The molecule has 0 aliphatic heterocycles. The monoisotopic (exact) mass is 215 g/mol. The van der Waals surface area contributed by atoms with E-state index in [1.165, 1.54) is 5.56 Å². The Morgan fingerprint density at radius 2 is 1.69 bits per heavy atom. The molecule has 1 nitrogen and oxygen atoms in total. The molecule has 0 aliphatic carbocycles. The van der Waals surface area contributed by atoms with Crippen LogP contribution >= 0.6 is 0 Å². The van der Waals surface area contributed by atoms with Crippen LogP contribution in [0.4, 0.5) is 0 Å². The normalized spacial score (nSPS) is 10.3. The van der Waals surface area contributed by atoms with E-state index in [2.05, 4.69) is 42.7 Å². The second-order valence-electron chi connectivity index (χ2n) is 4.03. The lowest BCUT2D eigenvalue weighted by Gasteiger charge is -2.13. The van der Waals surface area contributed by atoms with Crippen molar-refractivity contribution in [2.45, 2.75) is 19.4 Å². The molecule has 0 saturated carbocycles. The Morgan fingerprint density at radius 1 is 1.06 bits per heavy atom. The molecule has 0 aliphatic rings. The van der Waals surface area contributed by atoms with Gasteiger partial charge in [-0.25, -0.2) is 0 Å². The molecule has 1 rings (SSSR count). The molecule has 0 atom stereocenters. The highest BCUT2D eigenvalue weighted by Crippen LogP contribution is 2.08. The topological polar surface area (TPSA) is 12.0 Å². The maximum atomic E-state index is 3.79. The van der Waals surface area contributed by atoms with Crippen LogP contribution in [0.15, 0.2) is 55.6 Å². The molecule has 0 fully saturated rings. The maximum Gasteiger partial charge on any atom is 0.0205 e. The summed E-state index contributed by atoms with van der Waals surface area (Å²) in [6.07, 6.45) is 6.07. The maximum absolute atomic E-state index is 3.79. The lowest BCUT2D eigenvalue weighted by Crippen LogP contribution is -2.21. The highest BCUT2D eigenvalue weighted by Gasteiger charge is 2.03. The zero-order chi connectivity index (χ0) is 11.6. The largest absolute Gasteiger partial charge is 0.312 e. The molecule has 0 unspecified atom stereocenters. The first-order valence-electron chi connectivity index (χ1n) is 5.83. The summed E-state index contributed by atoms with van der Waals surface area (Å²) in [6.45, 7) is 9.53. The van der Waals surface area contributed by atoms with Crippen LogP contribution in [-0.4, -0.2) is 6.54 Å². The van der Waals surface area contributed by atoms with Gasteiger partial charge in [-0.1, -0.05) is 42.5 Å². The van der Waals surface area contributed by atoms with Gasteiger partial charge in [0.05, 0.1) is 0 Å². The van der Waals surface area contributed by atoms with Gasteiger partial charge < -0.3 is 5.32 Å². The quantitative estimate of drug-likeness (QED) is 0.654. The molecule has 1 N–H and O–H groups in total. The molecule has 1 heteroatoms. The third-order valence-corrected chi connectivity index (χ3v) is 2.60. The van der Waals surface area contributed by atoms with Gasteiger partial charge in [0.25, 0.3) is 0 Å². The average Bonchev–Trinajstić information content (AvgIpc) is 2.31. The first kappa shape index (κ1) is 12.7. The molecule has 0 spiro atoms. The van der Waals surface area contributed by atoms with Crippen molar-refractivity contribution in [2.75, 3.05) is 6.54 Å². The summed E-state index contributed by atoms with van der Waals surface area (Å²) < 4.78 is 0. The Labute approximate surface area is 98.9 Å². The van der Waals surface area contributed by atoms with Gasteiger partial charge in [-0.3, -0.25) is 0 Å². The lowest BCUT2D eigenvalue weighted by atomic mass is 10.0. The second kappa shape index (κ2) is 7.89. The minimum absolute atomic E-state index is 0.624. The first-order valence-corrected chi connectivity index (χ1v) is 5.83. The highest BCUT2D eigenvalue weighted by molar-refractivity contribution is 5.14. The first-order chi connectivity index (χ1) is 7.86. The SMILES string of the molecule is C=CCC(CC=C)CNCc1ccccc1. The summed E-state index contributed by atoms with van der Waals surface area (Å²) >= 11 is 0. The van der Waals surface area contributed by atoms with Crippen LogP contribution in [0.1, 0.15) is 18.4 Å². The molecule has 0 aromatic heterocycles. The van der Waals surface area contributed by atoms with Gasteiger partial charge in [0.15, 0.2) is 0 Å². The van der Waals surface area contributed by atoms with Crippen molar-refractivity contribution in [3.8, 4) is 0 Å². The van der Waals surface area contributed by atoms with Crippen molar-refractivity contribution in [3.05, 3.63) is 61.2 Å². The molecule has 0 amide bonds. The molecule has 0 saturated heterocycles. The second-order valence-corrected chi connectivity index (χ2v) is 4.03. The fourth-order valence-electron chi connectivity index (χ4n) is 1.75. The average molecular weight is 215 g/mol. The fraction of sp³-hybridized carbons (Fsp3) is 0.333. The van der Waals surface area contributed by atoms with Crippen LogP contribution in [0.25, 0.3) is 0 Å². The molecular formula is C15H21N. The van der Waals surface area contributed by atoms with Crippen LogP contribution in [0.5, 0.6) is 0 Å². The van der Waals surface area contributed by atoms with Crippen molar-refractivity contribution in [1.29, 1.82) is 0 Å². The minimum atomic E-state index is 0.624. The Hall–Kier alpha value is -1.34. The van der Waals surface area contributed by atoms with E-state index in [0.29, 0.717) is 5.92 Å². The van der Waals surface area contributed by atoms with E-state index in [1.807, 2.05) is 18.2 Å². The van der Waals surface area contributed by atoms with E-state index in [9.17, 15) is 0 Å². The van der Waals surface area contributed by atoms with Crippen LogP contribution in [-0.2, 0) is 6.54 Å². The standard InChI is InChI=1S/C15H21N/c1-3-8-14(9-4-2)12-16-13-15-10-6-5-7-11-15/h3-7,10-11,14,16H,1-2,8-9,12-13H2. The molecule has 86 valence electrons. The summed E-state index contributed by atoms with van der Waals surface area (Å²) in [7, 11) is 0. The fourth-order valence-corrected chi connectivity index (χ4v) is 1.75. The van der Waals surface area contributed by atoms with Crippen molar-refractivity contribution in [1.82, 2.24) is 5.32 Å². The number of allylic oxidation sites excluding steroid dienone is 2. The number of hydrogen-bond acceptors (Lipinski definition) is 1. The van der Waals surface area contributed by atoms with E-state index in [-0.39, 0.29) is 0 Å². The third kappa shape index (κ3) is 4.94. The van der Waals surface area contributed by atoms with E-state index in [1.54, 1.807) is 0 Å². The Balaban J connectivity index is 2.27. The van der Waals surface area contributed by atoms with Gasteiger partial charge in [-0.05, 0) is 30.9 Å². The van der Waals surface area contributed by atoms with E-state index < -0.39 is 0 Å². The van der Waals surface area contributed by atoms with Gasteiger partial charge >= 0.3 is 0 Å². The molecule has 1 aromatic rings. The Kier molecular flexibility index (Phi) is 6.28. The van der Waals surface area contributed by atoms with Gasteiger partial charge in [-0.2, -0.15) is 0 Å². The van der Waals surface area contributed by atoms with Crippen molar-refractivity contribution in [2.24, 2.45) is 5.92 Å². The molecular weight excluding hydrogens is 194 g/mol. The van der Waals surface area contributed by atoms with E-state index >= 15 is 0 Å².